The van der Waals surface area contributed by atoms with Gasteiger partial charge < -0.3 is 10.2 Å². The molecule has 1 aromatic heterocycles. The molecule has 0 aliphatic rings. The highest BCUT2D eigenvalue weighted by atomic mass is 16.3. The SMILES string of the molecule is Cc1ccoc1C(N)Cc1ccc2ccccc2c1. The van der Waals surface area contributed by atoms with Crippen molar-refractivity contribution in [3.8, 4) is 0 Å². The predicted molar refractivity (Wildman–Crippen MR) is 78.0 cm³/mol. The van der Waals surface area contributed by atoms with Gasteiger partial charge in [0, 0.05) is 0 Å². The third kappa shape index (κ3) is 2.40. The second kappa shape index (κ2) is 4.90. The van der Waals surface area contributed by atoms with Gasteiger partial charge in [0.05, 0.1) is 12.3 Å². The quantitative estimate of drug-likeness (QED) is 0.764. The zero-order valence-corrected chi connectivity index (χ0v) is 11.0. The molecule has 1 unspecified atom stereocenters. The number of hydrogen-bond donors (Lipinski definition) is 1. The molecular formula is C17H17NO. The van der Waals surface area contributed by atoms with E-state index in [0.717, 1.165) is 17.7 Å². The molecular weight excluding hydrogens is 234 g/mol. The Morgan fingerprint density at radius 3 is 2.58 bits per heavy atom. The molecule has 0 radical (unpaired) electrons. The number of rotatable bonds is 3. The first kappa shape index (κ1) is 12.0. The van der Waals surface area contributed by atoms with E-state index in [-0.39, 0.29) is 6.04 Å². The zero-order valence-electron chi connectivity index (χ0n) is 11.0. The summed E-state index contributed by atoms with van der Waals surface area (Å²) in [5.41, 5.74) is 8.58. The van der Waals surface area contributed by atoms with Crippen LogP contribution in [0.25, 0.3) is 10.8 Å². The van der Waals surface area contributed by atoms with Crippen molar-refractivity contribution in [3.05, 3.63) is 71.7 Å². The monoisotopic (exact) mass is 251 g/mol. The molecule has 0 aliphatic heterocycles. The van der Waals surface area contributed by atoms with Gasteiger partial charge >= 0.3 is 0 Å². The summed E-state index contributed by atoms with van der Waals surface area (Å²) in [7, 11) is 0. The summed E-state index contributed by atoms with van der Waals surface area (Å²) in [5.74, 6) is 0.883. The van der Waals surface area contributed by atoms with Crippen LogP contribution in [0.3, 0.4) is 0 Å². The maximum atomic E-state index is 6.22. The van der Waals surface area contributed by atoms with Crippen LogP contribution in [0.5, 0.6) is 0 Å². The van der Waals surface area contributed by atoms with Crippen LogP contribution >= 0.6 is 0 Å². The maximum Gasteiger partial charge on any atom is 0.123 e. The third-order valence-electron chi connectivity index (χ3n) is 3.51. The number of benzene rings is 2. The summed E-state index contributed by atoms with van der Waals surface area (Å²) in [6, 6.07) is 16.7. The second-order valence-corrected chi connectivity index (χ2v) is 4.96. The van der Waals surface area contributed by atoms with Crippen LogP contribution in [0.1, 0.15) is 22.9 Å². The van der Waals surface area contributed by atoms with Gasteiger partial charge in [-0.3, -0.25) is 0 Å². The van der Waals surface area contributed by atoms with E-state index >= 15 is 0 Å². The first-order chi connectivity index (χ1) is 9.24. The Hall–Kier alpha value is -2.06. The molecule has 2 N–H and O–H groups in total. The topological polar surface area (TPSA) is 39.2 Å². The molecule has 2 heteroatoms. The molecule has 0 amide bonds. The fraction of sp³-hybridized carbons (Fsp3) is 0.176. The van der Waals surface area contributed by atoms with Gasteiger partial charge in [-0.25, -0.2) is 0 Å². The van der Waals surface area contributed by atoms with E-state index < -0.39 is 0 Å². The highest BCUT2D eigenvalue weighted by molar-refractivity contribution is 5.83. The molecule has 1 heterocycles. The summed E-state index contributed by atoms with van der Waals surface area (Å²) in [6.07, 6.45) is 2.49. The average Bonchev–Trinajstić information content (AvgIpc) is 2.85. The Morgan fingerprint density at radius 2 is 1.84 bits per heavy atom. The van der Waals surface area contributed by atoms with Crippen LogP contribution in [0.15, 0.2) is 59.2 Å². The molecule has 0 saturated heterocycles. The normalized spacial score (nSPS) is 12.7. The zero-order chi connectivity index (χ0) is 13.2. The molecule has 1 atom stereocenters. The summed E-state index contributed by atoms with van der Waals surface area (Å²) in [6.45, 7) is 2.03. The number of furan rings is 1. The van der Waals surface area contributed by atoms with Crippen molar-refractivity contribution in [2.45, 2.75) is 19.4 Å². The van der Waals surface area contributed by atoms with E-state index in [9.17, 15) is 0 Å². The first-order valence-corrected chi connectivity index (χ1v) is 6.51. The standard InChI is InChI=1S/C17H17NO/c1-12-8-9-19-17(12)16(18)11-13-6-7-14-4-2-3-5-15(14)10-13/h2-10,16H,11,18H2,1H3. The first-order valence-electron chi connectivity index (χ1n) is 6.51. The van der Waals surface area contributed by atoms with Crippen molar-refractivity contribution in [1.29, 1.82) is 0 Å². The molecule has 3 rings (SSSR count). The molecule has 0 fully saturated rings. The molecule has 0 spiro atoms. The highest BCUT2D eigenvalue weighted by Gasteiger charge is 2.13. The third-order valence-corrected chi connectivity index (χ3v) is 3.51. The van der Waals surface area contributed by atoms with Crippen LogP contribution in [0, 0.1) is 6.92 Å². The van der Waals surface area contributed by atoms with Crippen molar-refractivity contribution < 1.29 is 4.42 Å². The number of fused-ring (bicyclic) bond motifs is 1. The minimum Gasteiger partial charge on any atom is -0.467 e. The van der Waals surface area contributed by atoms with E-state index in [4.69, 9.17) is 10.2 Å². The van der Waals surface area contributed by atoms with E-state index in [1.165, 1.54) is 16.3 Å². The highest BCUT2D eigenvalue weighted by Crippen LogP contribution is 2.22. The lowest BCUT2D eigenvalue weighted by molar-refractivity contribution is 0.461. The summed E-state index contributed by atoms with van der Waals surface area (Å²) in [4.78, 5) is 0. The Bertz CT molecular complexity index is 699. The fourth-order valence-corrected chi connectivity index (χ4v) is 2.48. The Labute approximate surface area is 112 Å². The van der Waals surface area contributed by atoms with Gasteiger partial charge in [0.15, 0.2) is 0 Å². The molecule has 19 heavy (non-hydrogen) atoms. The number of hydrogen-bond acceptors (Lipinski definition) is 2. The van der Waals surface area contributed by atoms with Gasteiger partial charge in [0.1, 0.15) is 5.76 Å². The van der Waals surface area contributed by atoms with Gasteiger partial charge in [-0.15, -0.1) is 0 Å². The Kier molecular flexibility index (Phi) is 3.10. The Morgan fingerprint density at radius 1 is 1.05 bits per heavy atom. The summed E-state index contributed by atoms with van der Waals surface area (Å²) >= 11 is 0. The van der Waals surface area contributed by atoms with Crippen molar-refractivity contribution >= 4 is 10.8 Å². The van der Waals surface area contributed by atoms with Crippen LogP contribution < -0.4 is 5.73 Å². The molecule has 0 aliphatic carbocycles. The number of nitrogens with two attached hydrogens (primary N) is 1. The molecule has 96 valence electrons. The minimum absolute atomic E-state index is 0.0869. The largest absolute Gasteiger partial charge is 0.467 e. The summed E-state index contributed by atoms with van der Waals surface area (Å²) in [5, 5.41) is 2.51. The minimum atomic E-state index is -0.0869. The van der Waals surface area contributed by atoms with Gasteiger partial charge in [-0.05, 0) is 41.3 Å². The molecule has 2 nitrogen and oxygen atoms in total. The predicted octanol–water partition coefficient (Wildman–Crippen LogP) is 3.98. The second-order valence-electron chi connectivity index (χ2n) is 4.96. The van der Waals surface area contributed by atoms with E-state index in [0.29, 0.717) is 0 Å². The number of aryl methyl sites for hydroxylation is 1. The van der Waals surface area contributed by atoms with Crippen LogP contribution in [-0.4, -0.2) is 0 Å². The van der Waals surface area contributed by atoms with Crippen molar-refractivity contribution in [1.82, 2.24) is 0 Å². The fourth-order valence-electron chi connectivity index (χ4n) is 2.48. The molecule has 3 aromatic rings. The maximum absolute atomic E-state index is 6.22. The van der Waals surface area contributed by atoms with Crippen molar-refractivity contribution in [3.63, 3.8) is 0 Å². The molecule has 0 bridgehead atoms. The lowest BCUT2D eigenvalue weighted by atomic mass is 10.00. The lowest BCUT2D eigenvalue weighted by Crippen LogP contribution is -2.13. The van der Waals surface area contributed by atoms with Crippen molar-refractivity contribution in [2.75, 3.05) is 0 Å². The van der Waals surface area contributed by atoms with Gasteiger partial charge in [0.2, 0.25) is 0 Å². The Balaban J connectivity index is 1.87. The van der Waals surface area contributed by atoms with Crippen LogP contribution in [0.2, 0.25) is 0 Å². The van der Waals surface area contributed by atoms with E-state index in [2.05, 4.69) is 42.5 Å². The smallest absolute Gasteiger partial charge is 0.123 e. The lowest BCUT2D eigenvalue weighted by Gasteiger charge is -2.11. The van der Waals surface area contributed by atoms with Gasteiger partial charge in [-0.1, -0.05) is 42.5 Å². The van der Waals surface area contributed by atoms with Gasteiger partial charge in [-0.2, -0.15) is 0 Å². The van der Waals surface area contributed by atoms with E-state index in [1.807, 2.05) is 13.0 Å². The average molecular weight is 251 g/mol. The molecule has 0 saturated carbocycles. The summed E-state index contributed by atoms with van der Waals surface area (Å²) < 4.78 is 5.46. The van der Waals surface area contributed by atoms with Crippen LogP contribution in [0.4, 0.5) is 0 Å². The van der Waals surface area contributed by atoms with E-state index in [1.54, 1.807) is 6.26 Å². The van der Waals surface area contributed by atoms with Crippen molar-refractivity contribution in [2.24, 2.45) is 5.73 Å². The molecule has 2 aromatic carbocycles. The van der Waals surface area contributed by atoms with Crippen LogP contribution in [-0.2, 0) is 6.42 Å². The van der Waals surface area contributed by atoms with Gasteiger partial charge in [0.25, 0.3) is 0 Å².